The molecule has 2 aliphatic heterocycles. The summed E-state index contributed by atoms with van der Waals surface area (Å²) < 4.78 is 6.21. The molecule has 0 unspecified atom stereocenters. The number of aliphatic hydroxyl groups excluding tert-OH is 1. The van der Waals surface area contributed by atoms with Gasteiger partial charge in [0.2, 0.25) is 17.1 Å². The number of piperidine rings is 2. The number of aromatic nitrogens is 1. The van der Waals surface area contributed by atoms with E-state index in [1.807, 2.05) is 30.3 Å². The van der Waals surface area contributed by atoms with Crippen molar-refractivity contribution in [1.29, 1.82) is 0 Å². The number of carboxylic acid groups (broad SMARTS) is 1. The zero-order chi connectivity index (χ0) is 48.3. The number of phenols is 1. The number of ether oxygens (including phenoxy) is 1. The fourth-order valence-corrected chi connectivity index (χ4v) is 9.64. The number of likely N-dealkylation sites (tertiary alicyclic amines) is 2. The maximum atomic E-state index is 13.1. The van der Waals surface area contributed by atoms with Crippen LogP contribution in [0.15, 0.2) is 132 Å². The van der Waals surface area contributed by atoms with Gasteiger partial charge in [0, 0.05) is 54.3 Å². The van der Waals surface area contributed by atoms with Crippen LogP contribution in [0.25, 0.3) is 10.9 Å². The number of aliphatic hydroxyl groups is 2. The van der Waals surface area contributed by atoms with Crippen molar-refractivity contribution >= 4 is 28.7 Å². The molecule has 8 rings (SSSR count). The van der Waals surface area contributed by atoms with Gasteiger partial charge in [-0.3, -0.25) is 19.3 Å². The molecule has 2 aliphatic rings. The SMILES string of the molecule is O=C(NCC(=O)N1CCC(COc2cccc([C@@](O)(C(=O)O)c3ccccc3CC3CCN(Cc4ccccc4)CC3)c2)CC1)c1ccc(CCNC[C@H](O)c2ccc(O)c3[nH]c(=O)ccc23)cc1. The van der Waals surface area contributed by atoms with Gasteiger partial charge in [0.25, 0.3) is 5.91 Å². The molecule has 14 heteroatoms. The average Bonchev–Trinajstić information content (AvgIpc) is 3.37. The number of H-pyrrole nitrogens is 1. The number of benzene rings is 5. The molecule has 2 saturated heterocycles. The van der Waals surface area contributed by atoms with Crippen molar-refractivity contribution < 1.29 is 39.5 Å². The van der Waals surface area contributed by atoms with Crippen molar-refractivity contribution in [3.05, 3.63) is 177 Å². The summed E-state index contributed by atoms with van der Waals surface area (Å²) in [4.78, 5) is 57.6. The first-order valence-corrected chi connectivity index (χ1v) is 23.9. The Morgan fingerprint density at radius 3 is 2.28 bits per heavy atom. The third-order valence-corrected chi connectivity index (χ3v) is 13.7. The Kier molecular flexibility index (Phi) is 15.9. The molecule has 0 bridgehead atoms. The largest absolute Gasteiger partial charge is 0.506 e. The number of aliphatic carboxylic acids is 1. The number of carbonyl (C=O) groups excluding carboxylic acids is 2. The number of pyridine rings is 1. The van der Waals surface area contributed by atoms with Crippen LogP contribution in [0.4, 0.5) is 0 Å². The predicted octanol–water partition coefficient (Wildman–Crippen LogP) is 5.92. The Morgan fingerprint density at radius 2 is 1.52 bits per heavy atom. The number of phenolic OH excluding ortho intramolecular Hbond substituents is 1. The molecule has 0 spiro atoms. The molecule has 1 aromatic heterocycles. The number of hydrogen-bond donors (Lipinski definition) is 7. The first kappa shape index (κ1) is 48.6. The molecule has 0 radical (unpaired) electrons. The van der Waals surface area contributed by atoms with E-state index in [1.54, 1.807) is 65.6 Å². The minimum Gasteiger partial charge on any atom is -0.506 e. The lowest BCUT2D eigenvalue weighted by Crippen LogP contribution is -2.44. The summed E-state index contributed by atoms with van der Waals surface area (Å²) in [6.45, 7) is 4.90. The molecule has 2 fully saturated rings. The number of nitrogens with zero attached hydrogens (tertiary/aromatic N) is 2. The van der Waals surface area contributed by atoms with Crippen LogP contribution < -0.4 is 20.9 Å². The zero-order valence-corrected chi connectivity index (χ0v) is 38.7. The molecule has 3 heterocycles. The molecule has 2 atom stereocenters. The van der Waals surface area contributed by atoms with Gasteiger partial charge in [0.05, 0.1) is 24.8 Å². The van der Waals surface area contributed by atoms with Crippen LogP contribution in [0.2, 0.25) is 0 Å². The van der Waals surface area contributed by atoms with Crippen LogP contribution in [-0.2, 0) is 34.6 Å². The number of amides is 2. The highest BCUT2D eigenvalue weighted by Gasteiger charge is 2.42. The van der Waals surface area contributed by atoms with Crippen LogP contribution in [0.1, 0.15) is 75.5 Å². The quantitative estimate of drug-likeness (QED) is 0.0475. The molecule has 360 valence electrons. The maximum Gasteiger partial charge on any atom is 0.345 e. The fraction of sp³-hybridized carbons (Fsp3) is 0.345. The Labute approximate surface area is 401 Å². The number of fused-ring (bicyclic) bond motifs is 1. The first-order chi connectivity index (χ1) is 33.4. The minimum absolute atomic E-state index is 0.0670. The first-order valence-electron chi connectivity index (χ1n) is 23.9. The highest BCUT2D eigenvalue weighted by Crippen LogP contribution is 2.37. The van der Waals surface area contributed by atoms with E-state index in [9.17, 15) is 39.6 Å². The van der Waals surface area contributed by atoms with Gasteiger partial charge in [-0.15, -0.1) is 0 Å². The number of aromatic amines is 1. The lowest BCUT2D eigenvalue weighted by molar-refractivity contribution is -0.155. The molecule has 2 amide bonds. The number of nitrogens with one attached hydrogen (secondary N) is 3. The molecular formula is C55H61N5O9. The Bertz CT molecular complexity index is 2770. The van der Waals surface area contributed by atoms with Gasteiger partial charge in [-0.2, -0.15) is 0 Å². The van der Waals surface area contributed by atoms with E-state index in [2.05, 4.69) is 44.8 Å². The van der Waals surface area contributed by atoms with Crippen molar-refractivity contribution in [2.45, 2.75) is 56.8 Å². The third kappa shape index (κ3) is 12.1. The van der Waals surface area contributed by atoms with Crippen LogP contribution in [0, 0.1) is 11.8 Å². The number of aromatic hydroxyl groups is 1. The van der Waals surface area contributed by atoms with E-state index >= 15 is 0 Å². The van der Waals surface area contributed by atoms with Crippen molar-refractivity contribution in [2.75, 3.05) is 52.4 Å². The summed E-state index contributed by atoms with van der Waals surface area (Å²) in [7, 11) is 0. The van der Waals surface area contributed by atoms with E-state index in [1.165, 1.54) is 17.7 Å². The third-order valence-electron chi connectivity index (χ3n) is 13.7. The van der Waals surface area contributed by atoms with E-state index in [-0.39, 0.29) is 53.2 Å². The summed E-state index contributed by atoms with van der Waals surface area (Å²) >= 11 is 0. The Hall–Kier alpha value is -6.84. The van der Waals surface area contributed by atoms with Gasteiger partial charge >= 0.3 is 5.97 Å². The molecule has 69 heavy (non-hydrogen) atoms. The van der Waals surface area contributed by atoms with Gasteiger partial charge in [-0.1, -0.05) is 84.9 Å². The summed E-state index contributed by atoms with van der Waals surface area (Å²) in [5.41, 5.74) is 2.37. The molecule has 5 aromatic carbocycles. The monoisotopic (exact) mass is 935 g/mol. The molecule has 0 saturated carbocycles. The summed E-state index contributed by atoms with van der Waals surface area (Å²) in [6.07, 6.45) is 3.82. The molecular weight excluding hydrogens is 875 g/mol. The Morgan fingerprint density at radius 1 is 0.797 bits per heavy atom. The topological polar surface area (TPSA) is 205 Å². The number of carbonyl (C=O) groups is 3. The molecule has 14 nitrogen and oxygen atoms in total. The summed E-state index contributed by atoms with van der Waals surface area (Å²) in [5.74, 6) is -0.966. The van der Waals surface area contributed by atoms with Crippen molar-refractivity contribution in [2.24, 2.45) is 11.8 Å². The number of rotatable bonds is 19. The second-order valence-electron chi connectivity index (χ2n) is 18.4. The van der Waals surface area contributed by atoms with E-state index in [4.69, 9.17) is 4.74 Å². The highest BCUT2D eigenvalue weighted by molar-refractivity contribution is 5.96. The van der Waals surface area contributed by atoms with Gasteiger partial charge < -0.3 is 45.7 Å². The molecule has 0 aliphatic carbocycles. The lowest BCUT2D eigenvalue weighted by Gasteiger charge is -2.33. The van der Waals surface area contributed by atoms with Crippen molar-refractivity contribution in [3.8, 4) is 11.5 Å². The van der Waals surface area contributed by atoms with E-state index in [0.29, 0.717) is 85.7 Å². The van der Waals surface area contributed by atoms with Crippen LogP contribution >= 0.6 is 0 Å². The number of carboxylic acids is 1. The highest BCUT2D eigenvalue weighted by atomic mass is 16.5. The number of hydrogen-bond acceptors (Lipinski definition) is 10. The van der Waals surface area contributed by atoms with E-state index < -0.39 is 17.7 Å². The normalized spacial score (nSPS) is 16.2. The van der Waals surface area contributed by atoms with Gasteiger partial charge in [0.1, 0.15) is 11.5 Å². The zero-order valence-electron chi connectivity index (χ0n) is 38.7. The second-order valence-corrected chi connectivity index (χ2v) is 18.4. The second kappa shape index (κ2) is 22.5. The van der Waals surface area contributed by atoms with Gasteiger partial charge in [0.15, 0.2) is 0 Å². The van der Waals surface area contributed by atoms with Crippen LogP contribution in [0.3, 0.4) is 0 Å². The average molecular weight is 936 g/mol. The van der Waals surface area contributed by atoms with Crippen molar-refractivity contribution in [3.63, 3.8) is 0 Å². The Balaban J connectivity index is 0.759. The molecule has 7 N–H and O–H groups in total. The van der Waals surface area contributed by atoms with Crippen LogP contribution in [-0.4, -0.2) is 105 Å². The minimum atomic E-state index is -2.28. The fourth-order valence-electron chi connectivity index (χ4n) is 9.64. The molecule has 6 aromatic rings. The smallest absolute Gasteiger partial charge is 0.345 e. The predicted molar refractivity (Wildman–Crippen MR) is 263 cm³/mol. The van der Waals surface area contributed by atoms with Gasteiger partial charge in [-0.05, 0) is 129 Å². The summed E-state index contributed by atoms with van der Waals surface area (Å²) in [6, 6.07) is 37.6. The van der Waals surface area contributed by atoms with Crippen LogP contribution in [0.5, 0.6) is 11.5 Å². The summed E-state index contributed by atoms with van der Waals surface area (Å²) in [5, 5.41) is 50.2. The lowest BCUT2D eigenvalue weighted by atomic mass is 9.80. The maximum absolute atomic E-state index is 13.1. The standard InChI is InChI=1S/C55H61N5O9/c61-48-19-17-45(46-18-20-50(63)58-52(46)48)49(62)33-56-26-21-37-13-15-41(16-14-37)53(65)57-34-51(64)60-29-24-40(25-30-60)36-69-44-11-6-10-43(32-44)55(68,54(66)67)47-12-5-4-9-42(47)31-38-22-27-59(28-23-38)35-39-7-2-1-3-8-39/h1-20,32,38,40,49,56,61-62,68H,21-31,33-36H2,(H,57,65)(H,58,63)(H,66,67)/t49-,55-/m0/s1. The van der Waals surface area contributed by atoms with E-state index in [0.717, 1.165) is 43.6 Å². The van der Waals surface area contributed by atoms with Crippen molar-refractivity contribution in [1.82, 2.24) is 25.4 Å². The van der Waals surface area contributed by atoms with Gasteiger partial charge in [-0.25, -0.2) is 4.79 Å².